The standard InChI is InChI=1S/C24H23FN2O4/c1-29-20-7-2-16(3-8-20)13-26-14-19(28)15-30-21-9-4-17(5-10-21)24-22-11-6-18(25)12-23(22)31-27-24/h2-12,19,26,28H,13-15H2,1H3/t19-/m0/s1. The molecule has 0 saturated carbocycles. The molecule has 0 aliphatic heterocycles. The van der Waals surface area contributed by atoms with Crippen molar-refractivity contribution in [1.29, 1.82) is 0 Å². The topological polar surface area (TPSA) is 76.8 Å². The number of nitrogens with zero attached hydrogens (tertiary/aromatic N) is 1. The van der Waals surface area contributed by atoms with Crippen LogP contribution in [0.5, 0.6) is 11.5 Å². The summed E-state index contributed by atoms with van der Waals surface area (Å²) < 4.78 is 29.3. The monoisotopic (exact) mass is 422 g/mol. The minimum atomic E-state index is -0.646. The van der Waals surface area contributed by atoms with E-state index in [-0.39, 0.29) is 12.4 Å². The Kier molecular flexibility index (Phi) is 6.45. The fourth-order valence-corrected chi connectivity index (χ4v) is 3.21. The molecule has 1 aromatic heterocycles. The largest absolute Gasteiger partial charge is 0.497 e. The first-order chi connectivity index (χ1) is 15.1. The third-order valence-corrected chi connectivity index (χ3v) is 4.87. The summed E-state index contributed by atoms with van der Waals surface area (Å²) in [6.45, 7) is 1.22. The maximum absolute atomic E-state index is 13.3. The van der Waals surface area contributed by atoms with Crippen molar-refractivity contribution >= 4 is 11.0 Å². The summed E-state index contributed by atoms with van der Waals surface area (Å²) in [6.07, 6.45) is -0.646. The molecule has 0 unspecified atom stereocenters. The Morgan fingerprint density at radius 3 is 2.52 bits per heavy atom. The van der Waals surface area contributed by atoms with Crippen LogP contribution < -0.4 is 14.8 Å². The quantitative estimate of drug-likeness (QED) is 0.422. The number of nitrogens with one attached hydrogen (secondary N) is 1. The molecule has 0 aliphatic carbocycles. The molecule has 2 N–H and O–H groups in total. The van der Waals surface area contributed by atoms with E-state index in [9.17, 15) is 9.50 Å². The third kappa shape index (κ3) is 5.20. The molecular formula is C24H23FN2O4. The normalized spacial score (nSPS) is 12.1. The Morgan fingerprint density at radius 2 is 1.77 bits per heavy atom. The lowest BCUT2D eigenvalue weighted by molar-refractivity contribution is 0.106. The average molecular weight is 422 g/mol. The van der Waals surface area contributed by atoms with Crippen molar-refractivity contribution in [2.24, 2.45) is 0 Å². The van der Waals surface area contributed by atoms with Crippen molar-refractivity contribution in [2.75, 3.05) is 20.3 Å². The van der Waals surface area contributed by atoms with Crippen LogP contribution in [-0.2, 0) is 6.54 Å². The zero-order chi connectivity index (χ0) is 21.6. The number of benzene rings is 3. The summed E-state index contributed by atoms with van der Waals surface area (Å²) in [4.78, 5) is 0. The molecule has 0 spiro atoms. The SMILES string of the molecule is COc1ccc(CNC[C@H](O)COc2ccc(-c3noc4cc(F)ccc34)cc2)cc1. The smallest absolute Gasteiger partial charge is 0.170 e. The van der Waals surface area contributed by atoms with E-state index in [0.717, 1.165) is 22.3 Å². The minimum Gasteiger partial charge on any atom is -0.497 e. The zero-order valence-electron chi connectivity index (χ0n) is 17.0. The number of aliphatic hydroxyl groups is 1. The molecule has 160 valence electrons. The van der Waals surface area contributed by atoms with Crippen LogP contribution in [-0.4, -0.2) is 36.6 Å². The number of halogens is 1. The molecule has 1 heterocycles. The second kappa shape index (κ2) is 9.59. The summed E-state index contributed by atoms with van der Waals surface area (Å²) in [5.74, 6) is 1.08. The van der Waals surface area contributed by atoms with E-state index < -0.39 is 6.10 Å². The second-order valence-electron chi connectivity index (χ2n) is 7.14. The molecule has 7 heteroatoms. The maximum Gasteiger partial charge on any atom is 0.170 e. The fraction of sp³-hybridized carbons (Fsp3) is 0.208. The Morgan fingerprint density at radius 1 is 1.03 bits per heavy atom. The molecule has 0 bridgehead atoms. The van der Waals surface area contributed by atoms with Gasteiger partial charge in [0.25, 0.3) is 0 Å². The van der Waals surface area contributed by atoms with Crippen LogP contribution in [0, 0.1) is 5.82 Å². The van der Waals surface area contributed by atoms with Crippen molar-refractivity contribution < 1.29 is 23.5 Å². The Hall–Kier alpha value is -3.42. The van der Waals surface area contributed by atoms with Crippen molar-refractivity contribution in [1.82, 2.24) is 10.5 Å². The van der Waals surface area contributed by atoms with Gasteiger partial charge in [0.05, 0.1) is 7.11 Å². The first-order valence-electron chi connectivity index (χ1n) is 9.92. The molecule has 0 radical (unpaired) electrons. The summed E-state index contributed by atoms with van der Waals surface area (Å²) in [6, 6.07) is 19.4. The van der Waals surface area contributed by atoms with Crippen LogP contribution in [0.4, 0.5) is 4.39 Å². The highest BCUT2D eigenvalue weighted by molar-refractivity contribution is 5.91. The maximum atomic E-state index is 13.3. The first-order valence-corrected chi connectivity index (χ1v) is 9.92. The van der Waals surface area contributed by atoms with Crippen LogP contribution >= 0.6 is 0 Å². The predicted octanol–water partition coefficient (Wildman–Crippen LogP) is 4.17. The van der Waals surface area contributed by atoms with Gasteiger partial charge in [0.1, 0.15) is 35.7 Å². The van der Waals surface area contributed by atoms with E-state index in [0.29, 0.717) is 30.1 Å². The Bertz CT molecular complexity index is 1130. The van der Waals surface area contributed by atoms with Gasteiger partial charge in [-0.3, -0.25) is 0 Å². The molecule has 0 fully saturated rings. The lowest BCUT2D eigenvalue weighted by Gasteiger charge is -2.13. The number of aliphatic hydroxyl groups excluding tert-OH is 1. The van der Waals surface area contributed by atoms with Gasteiger partial charge in [-0.25, -0.2) is 4.39 Å². The first kappa shape index (κ1) is 20.8. The van der Waals surface area contributed by atoms with Crippen LogP contribution in [0.3, 0.4) is 0 Å². The molecule has 6 nitrogen and oxygen atoms in total. The Labute approximate surface area is 179 Å². The number of aromatic nitrogens is 1. The number of hydrogen-bond donors (Lipinski definition) is 2. The van der Waals surface area contributed by atoms with E-state index in [1.165, 1.54) is 12.1 Å². The summed E-state index contributed by atoms with van der Waals surface area (Å²) in [7, 11) is 1.63. The van der Waals surface area contributed by atoms with Gasteiger partial charge < -0.3 is 24.4 Å². The van der Waals surface area contributed by atoms with Crippen molar-refractivity contribution in [3.8, 4) is 22.8 Å². The lowest BCUT2D eigenvalue weighted by atomic mass is 10.1. The highest BCUT2D eigenvalue weighted by Crippen LogP contribution is 2.29. The van der Waals surface area contributed by atoms with Gasteiger partial charge in [-0.2, -0.15) is 0 Å². The van der Waals surface area contributed by atoms with E-state index in [2.05, 4.69) is 10.5 Å². The van der Waals surface area contributed by atoms with Crippen molar-refractivity contribution in [3.05, 3.63) is 78.1 Å². The third-order valence-electron chi connectivity index (χ3n) is 4.87. The molecule has 4 rings (SSSR count). The van der Waals surface area contributed by atoms with Crippen molar-refractivity contribution in [3.63, 3.8) is 0 Å². The molecule has 0 aliphatic rings. The van der Waals surface area contributed by atoms with Crippen LogP contribution in [0.15, 0.2) is 71.3 Å². The molecule has 0 amide bonds. The van der Waals surface area contributed by atoms with E-state index in [1.807, 2.05) is 36.4 Å². The Balaban J connectivity index is 1.26. The molecule has 0 saturated heterocycles. The van der Waals surface area contributed by atoms with Crippen LogP contribution in [0.25, 0.3) is 22.2 Å². The highest BCUT2D eigenvalue weighted by Gasteiger charge is 2.12. The molecule has 4 aromatic rings. The number of hydrogen-bond acceptors (Lipinski definition) is 6. The molecule has 31 heavy (non-hydrogen) atoms. The fourth-order valence-electron chi connectivity index (χ4n) is 3.21. The summed E-state index contributed by atoms with van der Waals surface area (Å²) in [5.41, 5.74) is 2.98. The summed E-state index contributed by atoms with van der Waals surface area (Å²) in [5, 5.41) is 18.1. The van der Waals surface area contributed by atoms with Gasteiger partial charge in [0.15, 0.2) is 5.58 Å². The van der Waals surface area contributed by atoms with E-state index >= 15 is 0 Å². The molecular weight excluding hydrogens is 399 g/mol. The van der Waals surface area contributed by atoms with Gasteiger partial charge in [0.2, 0.25) is 0 Å². The van der Waals surface area contributed by atoms with Gasteiger partial charge >= 0.3 is 0 Å². The minimum absolute atomic E-state index is 0.168. The predicted molar refractivity (Wildman–Crippen MR) is 116 cm³/mol. The second-order valence-corrected chi connectivity index (χ2v) is 7.14. The highest BCUT2D eigenvalue weighted by atomic mass is 19.1. The number of rotatable bonds is 9. The van der Waals surface area contributed by atoms with Crippen molar-refractivity contribution in [2.45, 2.75) is 12.6 Å². The summed E-state index contributed by atoms with van der Waals surface area (Å²) >= 11 is 0. The van der Waals surface area contributed by atoms with Gasteiger partial charge in [-0.1, -0.05) is 17.3 Å². The van der Waals surface area contributed by atoms with Gasteiger partial charge in [0, 0.05) is 30.1 Å². The van der Waals surface area contributed by atoms with Crippen LogP contribution in [0.2, 0.25) is 0 Å². The van der Waals surface area contributed by atoms with E-state index in [4.69, 9.17) is 14.0 Å². The molecule has 3 aromatic carbocycles. The van der Waals surface area contributed by atoms with Gasteiger partial charge in [-0.15, -0.1) is 0 Å². The van der Waals surface area contributed by atoms with Crippen LogP contribution in [0.1, 0.15) is 5.56 Å². The van der Waals surface area contributed by atoms with E-state index in [1.54, 1.807) is 25.3 Å². The number of ether oxygens (including phenoxy) is 2. The number of fused-ring (bicyclic) bond motifs is 1. The lowest BCUT2D eigenvalue weighted by Crippen LogP contribution is -2.31. The molecule has 1 atom stereocenters. The van der Waals surface area contributed by atoms with Gasteiger partial charge in [-0.05, 0) is 54.1 Å². The number of methoxy groups -OCH3 is 1. The zero-order valence-corrected chi connectivity index (χ0v) is 17.0. The average Bonchev–Trinajstić information content (AvgIpc) is 3.21.